The number of carbonyl (C=O) groups excluding carboxylic acids is 2. The SMILES string of the molecule is CNC(=O)C(Cc1ccc(Cl)cc1)N1CCN(C(=O)C(Cc2ccc(F)cc2)NC)C(COC)C1. The zero-order chi connectivity index (χ0) is 25.4. The molecule has 7 nitrogen and oxygen atoms in total. The van der Waals surface area contributed by atoms with Crippen LogP contribution in [-0.4, -0.2) is 87.2 Å². The standard InChI is InChI=1S/C26H34ClFN4O3/c1-29-23(14-18-6-10-21(28)11-7-18)26(34)32-13-12-31(16-22(32)17-35-3)24(25(33)30-2)15-19-4-8-20(27)9-5-19/h4-11,22-24,29H,12-17H2,1-3H3,(H,30,33). The fraction of sp³-hybridized carbons (Fsp3) is 0.462. The molecule has 2 N–H and O–H groups in total. The van der Waals surface area contributed by atoms with Crippen LogP contribution in [-0.2, 0) is 27.2 Å². The summed E-state index contributed by atoms with van der Waals surface area (Å²) in [5.41, 5.74) is 1.89. The minimum Gasteiger partial charge on any atom is -0.382 e. The van der Waals surface area contributed by atoms with E-state index >= 15 is 0 Å². The molecule has 3 atom stereocenters. The van der Waals surface area contributed by atoms with Crippen LogP contribution in [0.25, 0.3) is 0 Å². The second-order valence-corrected chi connectivity index (χ2v) is 9.20. The van der Waals surface area contributed by atoms with E-state index in [-0.39, 0.29) is 29.7 Å². The van der Waals surface area contributed by atoms with Crippen LogP contribution in [0, 0.1) is 5.82 Å². The lowest BCUT2D eigenvalue weighted by Crippen LogP contribution is -2.63. The van der Waals surface area contributed by atoms with Crippen molar-refractivity contribution < 1.29 is 18.7 Å². The lowest BCUT2D eigenvalue weighted by Gasteiger charge is -2.44. The van der Waals surface area contributed by atoms with Gasteiger partial charge in [0.2, 0.25) is 11.8 Å². The van der Waals surface area contributed by atoms with Crippen LogP contribution in [0.3, 0.4) is 0 Å². The van der Waals surface area contributed by atoms with E-state index in [1.54, 1.807) is 33.3 Å². The van der Waals surface area contributed by atoms with Gasteiger partial charge in [-0.3, -0.25) is 14.5 Å². The second kappa shape index (κ2) is 13.0. The van der Waals surface area contributed by atoms with Crippen molar-refractivity contribution in [1.29, 1.82) is 0 Å². The molecule has 190 valence electrons. The van der Waals surface area contributed by atoms with Gasteiger partial charge in [-0.1, -0.05) is 35.9 Å². The predicted molar refractivity (Wildman–Crippen MR) is 135 cm³/mol. The number of nitrogens with zero attached hydrogens (tertiary/aromatic N) is 2. The van der Waals surface area contributed by atoms with Crippen LogP contribution < -0.4 is 10.6 Å². The van der Waals surface area contributed by atoms with Gasteiger partial charge in [-0.25, -0.2) is 4.39 Å². The molecule has 2 amide bonds. The molecule has 0 aromatic heterocycles. The van der Waals surface area contributed by atoms with Gasteiger partial charge in [0.05, 0.1) is 24.7 Å². The molecule has 1 fully saturated rings. The summed E-state index contributed by atoms with van der Waals surface area (Å²) in [5.74, 6) is -0.408. The van der Waals surface area contributed by atoms with Gasteiger partial charge in [0.1, 0.15) is 5.82 Å². The third-order valence-corrected chi connectivity index (χ3v) is 6.74. The second-order valence-electron chi connectivity index (χ2n) is 8.77. The smallest absolute Gasteiger partial charge is 0.240 e. The molecule has 2 aromatic carbocycles. The number of amides is 2. The van der Waals surface area contributed by atoms with Crippen molar-refractivity contribution in [1.82, 2.24) is 20.4 Å². The van der Waals surface area contributed by atoms with Crippen molar-refractivity contribution in [3.8, 4) is 0 Å². The summed E-state index contributed by atoms with van der Waals surface area (Å²) in [5, 5.41) is 6.54. The van der Waals surface area contributed by atoms with Gasteiger partial charge in [-0.2, -0.15) is 0 Å². The molecule has 0 saturated carbocycles. The van der Waals surface area contributed by atoms with E-state index in [1.807, 2.05) is 29.2 Å². The van der Waals surface area contributed by atoms with Gasteiger partial charge in [0.25, 0.3) is 0 Å². The normalized spacial score (nSPS) is 18.2. The Kier molecular flexibility index (Phi) is 10.0. The van der Waals surface area contributed by atoms with Crippen LogP contribution in [0.2, 0.25) is 5.02 Å². The number of carbonyl (C=O) groups is 2. The summed E-state index contributed by atoms with van der Waals surface area (Å²) in [7, 11) is 5.00. The van der Waals surface area contributed by atoms with Crippen molar-refractivity contribution >= 4 is 23.4 Å². The highest BCUT2D eigenvalue weighted by molar-refractivity contribution is 6.30. The Morgan fingerprint density at radius 1 is 1.06 bits per heavy atom. The first-order valence-electron chi connectivity index (χ1n) is 11.8. The largest absolute Gasteiger partial charge is 0.382 e. The van der Waals surface area contributed by atoms with Crippen molar-refractivity contribution in [2.45, 2.75) is 31.0 Å². The van der Waals surface area contributed by atoms with Crippen LogP contribution >= 0.6 is 11.6 Å². The Balaban J connectivity index is 1.74. The van der Waals surface area contributed by atoms with E-state index in [9.17, 15) is 14.0 Å². The molecule has 1 aliphatic heterocycles. The molecule has 2 aromatic rings. The first kappa shape index (κ1) is 27.1. The lowest BCUT2D eigenvalue weighted by molar-refractivity contribution is -0.141. The summed E-state index contributed by atoms with van der Waals surface area (Å²) in [6, 6.07) is 12.7. The Morgan fingerprint density at radius 3 is 2.29 bits per heavy atom. The number of halogens is 2. The molecule has 35 heavy (non-hydrogen) atoms. The maximum atomic E-state index is 13.5. The van der Waals surface area contributed by atoms with Crippen molar-refractivity contribution in [3.63, 3.8) is 0 Å². The number of piperazine rings is 1. The van der Waals surface area contributed by atoms with E-state index in [0.29, 0.717) is 44.1 Å². The van der Waals surface area contributed by atoms with Crippen LogP contribution in [0.5, 0.6) is 0 Å². The Labute approximate surface area is 211 Å². The molecule has 0 aliphatic carbocycles. The molecule has 0 radical (unpaired) electrons. The number of hydrogen-bond donors (Lipinski definition) is 2. The van der Waals surface area contributed by atoms with Crippen molar-refractivity contribution in [2.24, 2.45) is 0 Å². The molecule has 1 aliphatic rings. The Hall–Kier alpha value is -2.52. The summed E-state index contributed by atoms with van der Waals surface area (Å²) in [6.07, 6.45) is 0.987. The third-order valence-electron chi connectivity index (χ3n) is 6.49. The van der Waals surface area contributed by atoms with Crippen LogP contribution in [0.15, 0.2) is 48.5 Å². The van der Waals surface area contributed by atoms with E-state index in [4.69, 9.17) is 16.3 Å². The summed E-state index contributed by atoms with van der Waals surface area (Å²) >= 11 is 6.02. The van der Waals surface area contributed by atoms with Gasteiger partial charge in [0.15, 0.2) is 0 Å². The Morgan fingerprint density at radius 2 is 1.69 bits per heavy atom. The number of benzene rings is 2. The molecule has 0 bridgehead atoms. The molecule has 0 spiro atoms. The number of nitrogens with one attached hydrogen (secondary N) is 2. The number of methoxy groups -OCH3 is 1. The predicted octanol–water partition coefficient (Wildman–Crippen LogP) is 2.13. The first-order chi connectivity index (χ1) is 16.9. The Bertz CT molecular complexity index is 974. The highest BCUT2D eigenvalue weighted by Gasteiger charge is 2.37. The highest BCUT2D eigenvalue weighted by Crippen LogP contribution is 2.20. The maximum Gasteiger partial charge on any atom is 0.240 e. The average Bonchev–Trinajstić information content (AvgIpc) is 2.87. The number of likely N-dealkylation sites (N-methyl/N-ethyl adjacent to an activating group) is 2. The van der Waals surface area contributed by atoms with Gasteiger partial charge >= 0.3 is 0 Å². The molecule has 9 heteroatoms. The third kappa shape index (κ3) is 7.24. The lowest BCUT2D eigenvalue weighted by atomic mass is 10.00. The monoisotopic (exact) mass is 504 g/mol. The fourth-order valence-corrected chi connectivity index (χ4v) is 4.68. The quantitative estimate of drug-likeness (QED) is 0.518. The summed E-state index contributed by atoms with van der Waals surface area (Å²) < 4.78 is 18.7. The van der Waals surface area contributed by atoms with E-state index in [0.717, 1.165) is 11.1 Å². The molecule has 1 heterocycles. The molecule has 3 rings (SSSR count). The van der Waals surface area contributed by atoms with Crippen LogP contribution in [0.1, 0.15) is 11.1 Å². The first-order valence-corrected chi connectivity index (χ1v) is 12.1. The molecular formula is C26H34ClFN4O3. The van der Waals surface area contributed by atoms with E-state index in [1.165, 1.54) is 12.1 Å². The zero-order valence-electron chi connectivity index (χ0n) is 20.5. The van der Waals surface area contributed by atoms with E-state index in [2.05, 4.69) is 15.5 Å². The highest BCUT2D eigenvalue weighted by atomic mass is 35.5. The number of hydrogen-bond acceptors (Lipinski definition) is 5. The topological polar surface area (TPSA) is 73.9 Å². The molecule has 1 saturated heterocycles. The van der Waals surface area contributed by atoms with Crippen molar-refractivity contribution in [2.75, 3.05) is 47.4 Å². The average molecular weight is 505 g/mol. The van der Waals surface area contributed by atoms with Crippen LogP contribution in [0.4, 0.5) is 4.39 Å². The van der Waals surface area contributed by atoms with Gasteiger partial charge < -0.3 is 20.3 Å². The summed E-state index contributed by atoms with van der Waals surface area (Å²) in [4.78, 5) is 30.3. The van der Waals surface area contributed by atoms with Gasteiger partial charge in [-0.15, -0.1) is 0 Å². The van der Waals surface area contributed by atoms with Gasteiger partial charge in [0, 0.05) is 38.8 Å². The minimum atomic E-state index is -0.449. The van der Waals surface area contributed by atoms with Crippen molar-refractivity contribution in [3.05, 3.63) is 70.5 Å². The fourth-order valence-electron chi connectivity index (χ4n) is 4.55. The summed E-state index contributed by atoms with van der Waals surface area (Å²) in [6.45, 7) is 1.90. The molecule has 3 unspecified atom stereocenters. The molecular weight excluding hydrogens is 471 g/mol. The minimum absolute atomic E-state index is 0.0345. The number of rotatable bonds is 10. The van der Waals surface area contributed by atoms with Gasteiger partial charge in [-0.05, 0) is 55.3 Å². The van der Waals surface area contributed by atoms with E-state index < -0.39 is 6.04 Å². The zero-order valence-corrected chi connectivity index (χ0v) is 21.2. The maximum absolute atomic E-state index is 13.5. The number of ether oxygens (including phenoxy) is 1.